The Bertz CT molecular complexity index is 1670. The first kappa shape index (κ1) is 26.6. The number of nitrogens with one attached hydrogen (secondary N) is 1. The van der Waals surface area contributed by atoms with Gasteiger partial charge in [0.15, 0.2) is 5.58 Å². The summed E-state index contributed by atoms with van der Waals surface area (Å²) in [4.78, 5) is 38.1. The van der Waals surface area contributed by atoms with Crippen molar-refractivity contribution >= 4 is 34.6 Å². The number of benzene rings is 4. The number of nitrogens with zero attached hydrogens (tertiary/aromatic N) is 1. The second-order valence-corrected chi connectivity index (χ2v) is 8.73. The molecule has 39 heavy (non-hydrogen) atoms. The van der Waals surface area contributed by atoms with E-state index in [0.717, 1.165) is 16.7 Å². The molecule has 0 atom stereocenters. The molecule has 0 aliphatic carbocycles. The predicted molar refractivity (Wildman–Crippen MR) is 145 cm³/mol. The summed E-state index contributed by atoms with van der Waals surface area (Å²) in [5.41, 5.74) is 4.88. The highest BCUT2D eigenvalue weighted by molar-refractivity contribution is 6.05. The molecule has 1 heterocycles. The zero-order valence-corrected chi connectivity index (χ0v) is 21.0. The lowest BCUT2D eigenvalue weighted by molar-refractivity contribution is 0.0686. The fraction of sp³-hybridized carbons (Fsp3) is 0.0667. The van der Waals surface area contributed by atoms with Crippen LogP contribution >= 0.6 is 0 Å². The summed E-state index contributed by atoms with van der Waals surface area (Å²) in [6.45, 7) is 3.92. The van der Waals surface area contributed by atoms with Crippen LogP contribution in [0.15, 0.2) is 89.3 Å². The summed E-state index contributed by atoms with van der Waals surface area (Å²) in [5, 5.41) is 30.0. The number of oxazole rings is 1. The van der Waals surface area contributed by atoms with E-state index in [1.165, 1.54) is 30.3 Å². The van der Waals surface area contributed by atoms with Gasteiger partial charge in [0.05, 0.1) is 16.8 Å². The molecule has 0 bridgehead atoms. The third-order valence-corrected chi connectivity index (χ3v) is 5.74. The number of carboxylic acids is 2. The SMILES string of the molecule is Cc1ccc(-c2nc3cc(C(=O)O)ccc3o2)cc1.Cc1ccc(C(=O)Nc2cc(C(=O)O)ccc2O)cc1. The van der Waals surface area contributed by atoms with Gasteiger partial charge in [-0.05, 0) is 74.5 Å². The molecule has 5 rings (SSSR count). The molecule has 9 heteroatoms. The Hall–Kier alpha value is -5.44. The Morgan fingerprint density at radius 2 is 1.26 bits per heavy atom. The van der Waals surface area contributed by atoms with Gasteiger partial charge in [0.25, 0.3) is 5.91 Å². The normalized spacial score (nSPS) is 10.4. The van der Waals surface area contributed by atoms with E-state index in [4.69, 9.17) is 14.6 Å². The second kappa shape index (κ2) is 11.3. The number of aromatic nitrogens is 1. The van der Waals surface area contributed by atoms with Crippen molar-refractivity contribution in [3.63, 3.8) is 0 Å². The number of aromatic hydroxyl groups is 1. The van der Waals surface area contributed by atoms with E-state index in [1.54, 1.807) is 30.3 Å². The minimum absolute atomic E-state index is 0.0120. The lowest BCUT2D eigenvalue weighted by atomic mass is 10.1. The highest BCUT2D eigenvalue weighted by atomic mass is 16.4. The number of phenolic OH excluding ortho intramolecular Hbond substituents is 1. The lowest BCUT2D eigenvalue weighted by Crippen LogP contribution is -2.12. The Labute approximate surface area is 223 Å². The maximum absolute atomic E-state index is 12.0. The first-order valence-electron chi connectivity index (χ1n) is 11.8. The molecular weight excluding hydrogens is 500 g/mol. The second-order valence-electron chi connectivity index (χ2n) is 8.73. The molecule has 0 saturated heterocycles. The Kier molecular flexibility index (Phi) is 7.72. The van der Waals surface area contributed by atoms with Crippen LogP contribution in [0.1, 0.15) is 42.2 Å². The molecule has 4 aromatic carbocycles. The number of aryl methyl sites for hydroxylation is 2. The van der Waals surface area contributed by atoms with Crippen molar-refractivity contribution in [2.45, 2.75) is 13.8 Å². The zero-order valence-electron chi connectivity index (χ0n) is 21.0. The van der Waals surface area contributed by atoms with Gasteiger partial charge in [0.2, 0.25) is 5.89 Å². The topological polar surface area (TPSA) is 150 Å². The third-order valence-electron chi connectivity index (χ3n) is 5.74. The largest absolute Gasteiger partial charge is 0.506 e. The van der Waals surface area contributed by atoms with Crippen LogP contribution < -0.4 is 5.32 Å². The summed E-state index contributed by atoms with van der Waals surface area (Å²) in [5.74, 6) is -2.20. The number of phenols is 1. The number of rotatable bonds is 5. The molecule has 0 fully saturated rings. The minimum atomic E-state index is -1.13. The van der Waals surface area contributed by atoms with Crippen LogP contribution in [-0.2, 0) is 0 Å². The van der Waals surface area contributed by atoms with Crippen LogP contribution in [0.5, 0.6) is 5.75 Å². The fourth-order valence-corrected chi connectivity index (χ4v) is 3.55. The van der Waals surface area contributed by atoms with Gasteiger partial charge in [0.1, 0.15) is 11.3 Å². The summed E-state index contributed by atoms with van der Waals surface area (Å²) < 4.78 is 5.62. The molecule has 0 radical (unpaired) electrons. The average Bonchev–Trinajstić information content (AvgIpc) is 3.34. The quantitative estimate of drug-likeness (QED) is 0.200. The van der Waals surface area contributed by atoms with E-state index in [-0.39, 0.29) is 22.6 Å². The predicted octanol–water partition coefficient (Wildman–Crippen LogP) is 6.15. The van der Waals surface area contributed by atoms with Crippen LogP contribution in [0.3, 0.4) is 0 Å². The van der Waals surface area contributed by atoms with Crippen molar-refractivity contribution in [2.75, 3.05) is 5.32 Å². The zero-order chi connectivity index (χ0) is 28.1. The molecule has 0 aliphatic heterocycles. The molecule has 5 aromatic rings. The maximum atomic E-state index is 12.0. The van der Waals surface area contributed by atoms with Gasteiger partial charge < -0.3 is 25.1 Å². The number of carboxylic acid groups (broad SMARTS) is 2. The number of hydrogen-bond donors (Lipinski definition) is 4. The summed E-state index contributed by atoms with van der Waals surface area (Å²) >= 11 is 0. The fourth-order valence-electron chi connectivity index (χ4n) is 3.55. The number of aromatic carboxylic acids is 2. The molecule has 0 unspecified atom stereocenters. The Morgan fingerprint density at radius 3 is 1.87 bits per heavy atom. The van der Waals surface area contributed by atoms with Crippen molar-refractivity contribution in [3.05, 3.63) is 113 Å². The molecule has 0 saturated carbocycles. The number of hydrogen-bond acceptors (Lipinski definition) is 6. The van der Waals surface area contributed by atoms with Crippen molar-refractivity contribution < 1.29 is 34.1 Å². The van der Waals surface area contributed by atoms with Gasteiger partial charge in [-0.2, -0.15) is 0 Å². The van der Waals surface area contributed by atoms with Crippen molar-refractivity contribution in [2.24, 2.45) is 0 Å². The van der Waals surface area contributed by atoms with Gasteiger partial charge in [-0.15, -0.1) is 0 Å². The molecule has 0 spiro atoms. The molecular formula is C30H24N2O7. The van der Waals surface area contributed by atoms with E-state index in [9.17, 15) is 19.5 Å². The monoisotopic (exact) mass is 524 g/mol. The maximum Gasteiger partial charge on any atom is 0.335 e. The van der Waals surface area contributed by atoms with Gasteiger partial charge in [-0.25, -0.2) is 14.6 Å². The molecule has 1 aromatic heterocycles. The standard InChI is InChI=1S/C15H13NO4.C15H11NO3/c1-9-2-4-10(5-3-9)14(18)16-12-8-11(15(19)20)6-7-13(12)17;1-9-2-4-10(5-3-9)14-16-12-8-11(15(17)18)6-7-13(12)19-14/h2-8,17H,1H3,(H,16,18)(H,19,20);2-8H,1H3,(H,17,18). The van der Waals surface area contributed by atoms with E-state index < -0.39 is 17.8 Å². The lowest BCUT2D eigenvalue weighted by Gasteiger charge is -2.08. The van der Waals surface area contributed by atoms with Crippen LogP contribution in [-0.4, -0.2) is 38.1 Å². The molecule has 1 amide bonds. The summed E-state index contributed by atoms with van der Waals surface area (Å²) in [6.07, 6.45) is 0. The first-order chi connectivity index (χ1) is 18.6. The first-order valence-corrected chi connectivity index (χ1v) is 11.8. The Balaban J connectivity index is 0.000000181. The van der Waals surface area contributed by atoms with E-state index in [2.05, 4.69) is 10.3 Å². The van der Waals surface area contributed by atoms with Crippen LogP contribution in [0.25, 0.3) is 22.6 Å². The molecule has 0 aliphatic rings. The average molecular weight is 525 g/mol. The third kappa shape index (κ3) is 6.47. The molecule has 9 nitrogen and oxygen atoms in total. The number of amides is 1. The molecule has 196 valence electrons. The van der Waals surface area contributed by atoms with E-state index in [0.29, 0.717) is 22.6 Å². The van der Waals surface area contributed by atoms with E-state index >= 15 is 0 Å². The van der Waals surface area contributed by atoms with Gasteiger partial charge >= 0.3 is 11.9 Å². The minimum Gasteiger partial charge on any atom is -0.506 e. The number of fused-ring (bicyclic) bond motifs is 1. The smallest absolute Gasteiger partial charge is 0.335 e. The highest BCUT2D eigenvalue weighted by Crippen LogP contribution is 2.26. The van der Waals surface area contributed by atoms with Crippen LogP contribution in [0.2, 0.25) is 0 Å². The number of carbonyl (C=O) groups is 3. The van der Waals surface area contributed by atoms with Crippen LogP contribution in [0, 0.1) is 13.8 Å². The molecule has 4 N–H and O–H groups in total. The van der Waals surface area contributed by atoms with Crippen molar-refractivity contribution in [3.8, 4) is 17.2 Å². The van der Waals surface area contributed by atoms with Gasteiger partial charge in [0, 0.05) is 11.1 Å². The van der Waals surface area contributed by atoms with Gasteiger partial charge in [-0.3, -0.25) is 4.79 Å². The Morgan fingerprint density at radius 1 is 0.718 bits per heavy atom. The summed E-state index contributed by atoms with van der Waals surface area (Å²) in [7, 11) is 0. The van der Waals surface area contributed by atoms with Crippen LogP contribution in [0.4, 0.5) is 5.69 Å². The number of carbonyl (C=O) groups excluding carboxylic acids is 1. The van der Waals surface area contributed by atoms with Gasteiger partial charge in [-0.1, -0.05) is 35.4 Å². The van der Waals surface area contributed by atoms with Crippen molar-refractivity contribution in [1.82, 2.24) is 4.98 Å². The summed E-state index contributed by atoms with van der Waals surface area (Å²) in [6, 6.07) is 23.1. The number of anilines is 1. The van der Waals surface area contributed by atoms with E-state index in [1.807, 2.05) is 38.1 Å². The highest BCUT2D eigenvalue weighted by Gasteiger charge is 2.13. The van der Waals surface area contributed by atoms with Crippen molar-refractivity contribution in [1.29, 1.82) is 0 Å².